The Morgan fingerprint density at radius 2 is 2.14 bits per heavy atom. The molecule has 156 valence electrons. The molecule has 0 saturated carbocycles. The summed E-state index contributed by atoms with van der Waals surface area (Å²) in [5.41, 5.74) is 0.605. The molecular formula is C21H26N2O6. The van der Waals surface area contributed by atoms with Gasteiger partial charge in [-0.25, -0.2) is 0 Å². The van der Waals surface area contributed by atoms with Crippen LogP contribution in [0.2, 0.25) is 0 Å². The van der Waals surface area contributed by atoms with Gasteiger partial charge in [0.05, 0.1) is 25.3 Å². The van der Waals surface area contributed by atoms with E-state index >= 15 is 0 Å². The predicted octanol–water partition coefficient (Wildman–Crippen LogP) is 1.75. The molecule has 1 amide bonds. The lowest BCUT2D eigenvalue weighted by molar-refractivity contribution is -0.165. The first-order valence-electron chi connectivity index (χ1n) is 9.50. The van der Waals surface area contributed by atoms with Gasteiger partial charge < -0.3 is 24.4 Å². The van der Waals surface area contributed by atoms with Crippen molar-refractivity contribution in [2.24, 2.45) is 5.41 Å². The van der Waals surface area contributed by atoms with Gasteiger partial charge in [0.15, 0.2) is 0 Å². The van der Waals surface area contributed by atoms with Crippen LogP contribution in [-0.2, 0) is 22.4 Å². The summed E-state index contributed by atoms with van der Waals surface area (Å²) in [6, 6.07) is 7.10. The number of carbonyl (C=O) groups is 2. The van der Waals surface area contributed by atoms with Crippen molar-refractivity contribution in [3.63, 3.8) is 0 Å². The highest BCUT2D eigenvalue weighted by molar-refractivity contribution is 5.82. The highest BCUT2D eigenvalue weighted by Gasteiger charge is 2.50. The Hall–Kier alpha value is -2.87. The van der Waals surface area contributed by atoms with E-state index in [2.05, 4.69) is 5.16 Å². The second kappa shape index (κ2) is 8.24. The van der Waals surface area contributed by atoms with Gasteiger partial charge in [0.2, 0.25) is 5.91 Å². The number of aliphatic carboxylic acids is 1. The number of carboxylic acid groups (broad SMARTS) is 1. The minimum atomic E-state index is -1.49. The maximum Gasteiger partial charge on any atom is 0.314 e. The van der Waals surface area contributed by atoms with Crippen molar-refractivity contribution in [3.05, 3.63) is 46.8 Å². The number of carbonyl (C=O) groups excluding carboxylic acids is 1. The number of aliphatic hydroxyl groups excluding tert-OH is 1. The number of rotatable bonds is 6. The number of aromatic nitrogens is 1. The largest absolute Gasteiger partial charge is 0.497 e. The number of likely N-dealkylation sites (tertiary alicyclic amines) is 1. The van der Waals surface area contributed by atoms with Gasteiger partial charge in [-0.2, -0.15) is 0 Å². The average Bonchev–Trinajstić information content (AvgIpc) is 3.01. The van der Waals surface area contributed by atoms with Gasteiger partial charge in [-0.05, 0) is 44.4 Å². The molecule has 8 nitrogen and oxygen atoms in total. The van der Waals surface area contributed by atoms with E-state index < -0.39 is 17.5 Å². The Balaban J connectivity index is 1.84. The molecule has 0 spiro atoms. The second-order valence-corrected chi connectivity index (χ2v) is 7.59. The van der Waals surface area contributed by atoms with Crippen molar-refractivity contribution >= 4 is 11.9 Å². The first-order chi connectivity index (χ1) is 13.8. The fraction of sp³-hybridized carbons (Fsp3) is 0.476. The van der Waals surface area contributed by atoms with Crippen LogP contribution in [0.15, 0.2) is 28.8 Å². The van der Waals surface area contributed by atoms with Gasteiger partial charge in [-0.15, -0.1) is 0 Å². The zero-order valence-corrected chi connectivity index (χ0v) is 16.8. The van der Waals surface area contributed by atoms with E-state index in [1.807, 2.05) is 0 Å². The summed E-state index contributed by atoms with van der Waals surface area (Å²) >= 11 is 0. The molecule has 1 aromatic carbocycles. The first kappa shape index (κ1) is 20.9. The smallest absolute Gasteiger partial charge is 0.314 e. The molecule has 1 aromatic heterocycles. The molecular weight excluding hydrogens is 376 g/mol. The molecule has 3 rings (SSSR count). The number of aliphatic hydroxyl groups is 1. The molecule has 0 bridgehead atoms. The number of benzene rings is 1. The van der Waals surface area contributed by atoms with Gasteiger partial charge in [-0.3, -0.25) is 9.59 Å². The van der Waals surface area contributed by atoms with Crippen molar-refractivity contribution in [1.29, 1.82) is 0 Å². The molecule has 29 heavy (non-hydrogen) atoms. The zero-order valence-electron chi connectivity index (χ0n) is 16.8. The summed E-state index contributed by atoms with van der Waals surface area (Å²) in [6.45, 7) is 3.75. The zero-order chi connectivity index (χ0) is 21.2. The molecule has 2 aromatic rings. The Morgan fingerprint density at radius 3 is 2.76 bits per heavy atom. The number of hydrogen-bond donors (Lipinski definition) is 2. The van der Waals surface area contributed by atoms with E-state index in [9.17, 15) is 19.8 Å². The molecule has 0 radical (unpaired) electrons. The summed E-state index contributed by atoms with van der Waals surface area (Å²) in [5, 5.41) is 24.5. The van der Waals surface area contributed by atoms with Crippen LogP contribution in [0, 0.1) is 19.3 Å². The number of amides is 1. The SMILES string of the molecule is COc1cccc(C[C@@]2(C(=O)O)CN(C(=O)Cc3c(C)noc3C)CC[C@H]2O)c1. The first-order valence-corrected chi connectivity index (χ1v) is 9.50. The topological polar surface area (TPSA) is 113 Å². The Morgan fingerprint density at radius 1 is 1.38 bits per heavy atom. The Kier molecular flexibility index (Phi) is 5.93. The highest BCUT2D eigenvalue weighted by atomic mass is 16.5. The van der Waals surface area contributed by atoms with E-state index in [1.54, 1.807) is 38.1 Å². The molecule has 1 aliphatic rings. The number of nitrogens with zero attached hydrogens (tertiary/aromatic N) is 2. The van der Waals surface area contributed by atoms with Gasteiger partial charge in [-0.1, -0.05) is 17.3 Å². The van der Waals surface area contributed by atoms with Crippen LogP contribution in [0.5, 0.6) is 5.75 Å². The summed E-state index contributed by atoms with van der Waals surface area (Å²) in [7, 11) is 1.54. The second-order valence-electron chi connectivity index (χ2n) is 7.59. The lowest BCUT2D eigenvalue weighted by Gasteiger charge is -2.43. The van der Waals surface area contributed by atoms with Crippen molar-refractivity contribution in [2.45, 2.75) is 39.2 Å². The summed E-state index contributed by atoms with van der Waals surface area (Å²) in [6.07, 6.45) is -0.680. The number of piperidine rings is 1. The lowest BCUT2D eigenvalue weighted by Crippen LogP contribution is -2.58. The summed E-state index contributed by atoms with van der Waals surface area (Å²) in [5.74, 6) is -0.140. The minimum Gasteiger partial charge on any atom is -0.497 e. The maximum absolute atomic E-state index is 12.9. The standard InChI is InChI=1S/C21H26N2O6/c1-13-17(14(2)29-22-13)10-19(25)23-8-7-18(24)21(12-23,20(26)27)11-15-5-4-6-16(9-15)28-3/h4-6,9,18,24H,7-8,10-12H2,1-3H3,(H,26,27)/t18-,21-/m1/s1. The van der Waals surface area contributed by atoms with Crippen molar-refractivity contribution in [1.82, 2.24) is 10.1 Å². The van der Waals surface area contributed by atoms with Crippen LogP contribution in [0.4, 0.5) is 0 Å². The third-order valence-corrected chi connectivity index (χ3v) is 5.72. The van der Waals surface area contributed by atoms with E-state index in [0.717, 1.165) is 11.1 Å². The van der Waals surface area contributed by atoms with Crippen molar-refractivity contribution in [2.75, 3.05) is 20.2 Å². The van der Waals surface area contributed by atoms with Gasteiger partial charge >= 0.3 is 5.97 Å². The molecule has 1 fully saturated rings. The molecule has 2 heterocycles. The third-order valence-electron chi connectivity index (χ3n) is 5.72. The average molecular weight is 402 g/mol. The maximum atomic E-state index is 12.9. The normalized spacial score (nSPS) is 21.8. The number of ether oxygens (including phenoxy) is 1. The van der Waals surface area contributed by atoms with E-state index in [-0.39, 0.29) is 31.7 Å². The fourth-order valence-corrected chi connectivity index (χ4v) is 3.92. The predicted molar refractivity (Wildman–Crippen MR) is 104 cm³/mol. The number of aryl methyl sites for hydroxylation is 2. The van der Waals surface area contributed by atoms with Crippen LogP contribution >= 0.6 is 0 Å². The van der Waals surface area contributed by atoms with E-state index in [1.165, 1.54) is 12.0 Å². The number of hydrogen-bond acceptors (Lipinski definition) is 6. The molecule has 0 aliphatic carbocycles. The number of methoxy groups -OCH3 is 1. The third kappa shape index (κ3) is 4.12. The van der Waals surface area contributed by atoms with Crippen LogP contribution in [-0.4, -0.2) is 58.4 Å². The molecule has 1 saturated heterocycles. The van der Waals surface area contributed by atoms with Crippen LogP contribution < -0.4 is 4.74 Å². The quantitative estimate of drug-likeness (QED) is 0.757. The van der Waals surface area contributed by atoms with E-state index in [0.29, 0.717) is 23.7 Å². The van der Waals surface area contributed by atoms with Gasteiger partial charge in [0.25, 0.3) is 0 Å². The molecule has 1 aliphatic heterocycles. The lowest BCUT2D eigenvalue weighted by atomic mass is 9.72. The Bertz CT molecular complexity index is 889. The highest BCUT2D eigenvalue weighted by Crippen LogP contribution is 2.36. The van der Waals surface area contributed by atoms with E-state index in [4.69, 9.17) is 9.26 Å². The van der Waals surface area contributed by atoms with Crippen molar-refractivity contribution < 1.29 is 29.1 Å². The summed E-state index contributed by atoms with van der Waals surface area (Å²) < 4.78 is 10.3. The minimum absolute atomic E-state index is 0.0665. The van der Waals surface area contributed by atoms with Gasteiger partial charge in [0, 0.05) is 18.7 Å². The van der Waals surface area contributed by atoms with Gasteiger partial charge in [0.1, 0.15) is 16.9 Å². The van der Waals surface area contributed by atoms with Crippen LogP contribution in [0.25, 0.3) is 0 Å². The Labute approximate surface area is 169 Å². The number of carboxylic acids is 1. The van der Waals surface area contributed by atoms with Crippen LogP contribution in [0.1, 0.15) is 29.0 Å². The molecule has 8 heteroatoms. The molecule has 0 unspecified atom stereocenters. The monoisotopic (exact) mass is 402 g/mol. The van der Waals surface area contributed by atoms with Crippen LogP contribution in [0.3, 0.4) is 0 Å². The molecule has 2 atom stereocenters. The fourth-order valence-electron chi connectivity index (χ4n) is 3.92. The summed E-state index contributed by atoms with van der Waals surface area (Å²) in [4.78, 5) is 26.7. The van der Waals surface area contributed by atoms with Crippen molar-refractivity contribution in [3.8, 4) is 5.75 Å². The molecule has 2 N–H and O–H groups in total.